The lowest BCUT2D eigenvalue weighted by atomic mass is 10.1. The summed E-state index contributed by atoms with van der Waals surface area (Å²) in [4.78, 5) is 26.4. The molecule has 1 saturated heterocycles. The molecule has 1 aromatic carbocycles. The van der Waals surface area contributed by atoms with E-state index in [1.807, 2.05) is 0 Å². The zero-order chi connectivity index (χ0) is 20.2. The van der Waals surface area contributed by atoms with E-state index < -0.39 is 24.3 Å². The molecule has 150 valence electrons. The second-order valence-electron chi connectivity index (χ2n) is 7.51. The minimum absolute atomic E-state index is 0.0548. The monoisotopic (exact) mass is 384 g/mol. The Bertz CT molecular complexity index is 659. The number of nitrogens with one attached hydrogen (secondary N) is 1. The average molecular weight is 384 g/mol. The number of rotatable bonds is 5. The van der Waals surface area contributed by atoms with Gasteiger partial charge in [-0.1, -0.05) is 12.1 Å². The number of benzene rings is 1. The van der Waals surface area contributed by atoms with E-state index in [0.29, 0.717) is 13.0 Å². The third-order valence-corrected chi connectivity index (χ3v) is 4.15. The Hall–Kier alpha value is -2.38. The smallest absolute Gasteiger partial charge is 0.410 e. The van der Waals surface area contributed by atoms with E-state index in [1.165, 1.54) is 17.0 Å². The molecule has 0 spiro atoms. The molecule has 1 aliphatic heterocycles. The Labute approximate surface area is 157 Å². The minimum atomic E-state index is -2.88. The van der Waals surface area contributed by atoms with Crippen molar-refractivity contribution >= 4 is 12.0 Å². The molecule has 1 N–H and O–H groups in total. The van der Waals surface area contributed by atoms with E-state index in [-0.39, 0.29) is 17.7 Å². The molecule has 1 fully saturated rings. The van der Waals surface area contributed by atoms with Gasteiger partial charge < -0.3 is 14.8 Å². The molecule has 0 aromatic heterocycles. The Morgan fingerprint density at radius 1 is 1.22 bits per heavy atom. The Kier molecular flexibility index (Phi) is 6.62. The van der Waals surface area contributed by atoms with E-state index >= 15 is 0 Å². The molecule has 2 atom stereocenters. The maximum absolute atomic E-state index is 12.6. The maximum atomic E-state index is 12.6. The number of ether oxygens (including phenoxy) is 2. The van der Waals surface area contributed by atoms with Crippen molar-refractivity contribution in [1.29, 1.82) is 0 Å². The molecule has 0 saturated carbocycles. The lowest BCUT2D eigenvalue weighted by Gasteiger charge is -2.28. The van der Waals surface area contributed by atoms with Crippen LogP contribution in [0.1, 0.15) is 52.1 Å². The standard InChI is InChI=1S/C19H26F2N2O4/c1-12(13-7-9-14(10-8-13)26-17(20)21)22-16(24)15-6-5-11-23(15)18(25)27-19(2,3)4/h7-10,12,15,17H,5-6,11H2,1-4H3,(H,22,24). The number of carbonyl (C=O) groups is 2. The van der Waals surface area contributed by atoms with Gasteiger partial charge in [-0.3, -0.25) is 9.69 Å². The highest BCUT2D eigenvalue weighted by Gasteiger charge is 2.37. The second kappa shape index (κ2) is 8.54. The van der Waals surface area contributed by atoms with Gasteiger partial charge in [-0.15, -0.1) is 0 Å². The largest absolute Gasteiger partial charge is 0.444 e. The number of nitrogens with zero attached hydrogens (tertiary/aromatic N) is 1. The van der Waals surface area contributed by atoms with Crippen molar-refractivity contribution in [2.24, 2.45) is 0 Å². The number of hydrogen-bond donors (Lipinski definition) is 1. The number of likely N-dealkylation sites (tertiary alicyclic amines) is 1. The fourth-order valence-corrected chi connectivity index (χ4v) is 2.91. The van der Waals surface area contributed by atoms with E-state index in [9.17, 15) is 18.4 Å². The summed E-state index contributed by atoms with van der Waals surface area (Å²) in [6.07, 6.45) is 0.797. The molecule has 1 aromatic rings. The highest BCUT2D eigenvalue weighted by Crippen LogP contribution is 2.23. The molecule has 1 heterocycles. The highest BCUT2D eigenvalue weighted by molar-refractivity contribution is 5.86. The van der Waals surface area contributed by atoms with Crippen molar-refractivity contribution in [1.82, 2.24) is 10.2 Å². The van der Waals surface area contributed by atoms with Gasteiger partial charge in [0.25, 0.3) is 0 Å². The van der Waals surface area contributed by atoms with Gasteiger partial charge in [0.2, 0.25) is 5.91 Å². The summed E-state index contributed by atoms with van der Waals surface area (Å²) in [6.45, 7) is 4.71. The predicted molar refractivity (Wildman–Crippen MR) is 95.6 cm³/mol. The summed E-state index contributed by atoms with van der Waals surface area (Å²) >= 11 is 0. The van der Waals surface area contributed by atoms with Crippen molar-refractivity contribution in [2.45, 2.75) is 64.8 Å². The van der Waals surface area contributed by atoms with Crippen LogP contribution in [0.5, 0.6) is 5.75 Å². The van der Waals surface area contributed by atoms with Gasteiger partial charge in [0, 0.05) is 6.54 Å². The first-order valence-electron chi connectivity index (χ1n) is 8.91. The number of amides is 2. The minimum Gasteiger partial charge on any atom is -0.444 e. The number of carbonyl (C=O) groups excluding carboxylic acids is 2. The zero-order valence-electron chi connectivity index (χ0n) is 16.0. The second-order valence-corrected chi connectivity index (χ2v) is 7.51. The first-order valence-corrected chi connectivity index (χ1v) is 8.91. The Morgan fingerprint density at radius 2 is 1.85 bits per heavy atom. The van der Waals surface area contributed by atoms with Crippen LogP contribution in [0.25, 0.3) is 0 Å². The normalized spacial score (nSPS) is 18.3. The summed E-state index contributed by atoms with van der Waals surface area (Å²) in [5.41, 5.74) is 0.113. The maximum Gasteiger partial charge on any atom is 0.410 e. The molecule has 2 rings (SSSR count). The van der Waals surface area contributed by atoms with Crippen LogP contribution in [-0.4, -0.2) is 41.7 Å². The lowest BCUT2D eigenvalue weighted by molar-refractivity contribution is -0.126. The number of halogens is 2. The molecule has 27 heavy (non-hydrogen) atoms. The predicted octanol–water partition coefficient (Wildman–Crippen LogP) is 3.86. The van der Waals surface area contributed by atoms with Gasteiger partial charge >= 0.3 is 12.7 Å². The average Bonchev–Trinajstić information content (AvgIpc) is 3.03. The Balaban J connectivity index is 1.97. The van der Waals surface area contributed by atoms with E-state index in [2.05, 4.69) is 10.1 Å². The van der Waals surface area contributed by atoms with E-state index in [1.54, 1.807) is 39.8 Å². The summed E-state index contributed by atoms with van der Waals surface area (Å²) in [7, 11) is 0. The van der Waals surface area contributed by atoms with Crippen LogP contribution in [0.15, 0.2) is 24.3 Å². The van der Waals surface area contributed by atoms with Gasteiger partial charge in [0.15, 0.2) is 0 Å². The van der Waals surface area contributed by atoms with Crippen LogP contribution in [0.2, 0.25) is 0 Å². The van der Waals surface area contributed by atoms with Crippen LogP contribution in [-0.2, 0) is 9.53 Å². The van der Waals surface area contributed by atoms with Gasteiger partial charge in [-0.25, -0.2) is 4.79 Å². The molecule has 1 aliphatic rings. The van der Waals surface area contributed by atoms with Crippen molar-refractivity contribution < 1.29 is 27.8 Å². The zero-order valence-corrected chi connectivity index (χ0v) is 16.0. The molecule has 0 aliphatic carbocycles. The quantitative estimate of drug-likeness (QED) is 0.837. The third-order valence-electron chi connectivity index (χ3n) is 4.15. The van der Waals surface area contributed by atoms with Gasteiger partial charge in [-0.05, 0) is 58.2 Å². The molecule has 2 unspecified atom stereocenters. The molecule has 6 nitrogen and oxygen atoms in total. The molecule has 8 heteroatoms. The van der Waals surface area contributed by atoms with Crippen LogP contribution >= 0.6 is 0 Å². The lowest BCUT2D eigenvalue weighted by Crippen LogP contribution is -2.48. The summed E-state index contributed by atoms with van der Waals surface area (Å²) in [5.74, 6) is -0.210. The molecule has 2 amide bonds. The summed E-state index contributed by atoms with van der Waals surface area (Å²) < 4.78 is 34.1. The van der Waals surface area contributed by atoms with Gasteiger partial charge in [-0.2, -0.15) is 8.78 Å². The highest BCUT2D eigenvalue weighted by atomic mass is 19.3. The van der Waals surface area contributed by atoms with Gasteiger partial charge in [0.05, 0.1) is 6.04 Å². The molecule has 0 radical (unpaired) electrons. The first-order chi connectivity index (χ1) is 12.6. The molecular formula is C19H26F2N2O4. The van der Waals surface area contributed by atoms with Crippen molar-refractivity contribution in [3.05, 3.63) is 29.8 Å². The topological polar surface area (TPSA) is 67.9 Å². The van der Waals surface area contributed by atoms with Gasteiger partial charge in [0.1, 0.15) is 17.4 Å². The summed E-state index contributed by atoms with van der Waals surface area (Å²) in [5, 5.41) is 2.87. The Morgan fingerprint density at radius 3 is 2.41 bits per heavy atom. The number of alkyl halides is 2. The fourth-order valence-electron chi connectivity index (χ4n) is 2.91. The van der Waals surface area contributed by atoms with Crippen LogP contribution in [0.4, 0.5) is 13.6 Å². The third kappa shape index (κ3) is 6.08. The fraction of sp³-hybridized carbons (Fsp3) is 0.579. The van der Waals surface area contributed by atoms with E-state index in [4.69, 9.17) is 4.74 Å². The van der Waals surface area contributed by atoms with Crippen LogP contribution < -0.4 is 10.1 Å². The first kappa shape index (κ1) is 20.9. The van der Waals surface area contributed by atoms with Crippen molar-refractivity contribution in [3.8, 4) is 5.75 Å². The van der Waals surface area contributed by atoms with Crippen LogP contribution in [0, 0.1) is 0 Å². The molecular weight excluding hydrogens is 358 g/mol. The summed E-state index contributed by atoms with van der Waals surface area (Å²) in [6, 6.07) is 5.15. The molecule has 0 bridgehead atoms. The van der Waals surface area contributed by atoms with Crippen molar-refractivity contribution in [3.63, 3.8) is 0 Å². The number of hydrogen-bond acceptors (Lipinski definition) is 4. The van der Waals surface area contributed by atoms with E-state index in [0.717, 1.165) is 12.0 Å². The van der Waals surface area contributed by atoms with Crippen molar-refractivity contribution in [2.75, 3.05) is 6.54 Å². The van der Waals surface area contributed by atoms with Crippen LogP contribution in [0.3, 0.4) is 0 Å². The SMILES string of the molecule is CC(NC(=O)C1CCCN1C(=O)OC(C)(C)C)c1ccc(OC(F)F)cc1.